The van der Waals surface area contributed by atoms with Gasteiger partial charge in [0.25, 0.3) is 5.91 Å². The largest absolute Gasteiger partial charge is 0.483 e. The molecule has 0 heterocycles. The molecule has 2 N–H and O–H groups in total. The summed E-state index contributed by atoms with van der Waals surface area (Å²) in [7, 11) is 0. The fourth-order valence-electron chi connectivity index (χ4n) is 2.14. The number of hydrogen-bond acceptors (Lipinski definition) is 3. The molecule has 0 saturated heterocycles. The summed E-state index contributed by atoms with van der Waals surface area (Å²) in [6.45, 7) is -0.501. The molecule has 0 fully saturated rings. The number of aliphatic carboxylic acids is 1. The van der Waals surface area contributed by atoms with Crippen LogP contribution in [-0.4, -0.2) is 36.1 Å². The number of carboxylic acid groups (broad SMARTS) is 1. The van der Waals surface area contributed by atoms with Crippen LogP contribution in [0.15, 0.2) is 36.4 Å². The minimum atomic E-state index is -2.84. The predicted molar refractivity (Wildman–Crippen MR) is 84.6 cm³/mol. The van der Waals surface area contributed by atoms with Crippen molar-refractivity contribution < 1.29 is 28.2 Å². The summed E-state index contributed by atoms with van der Waals surface area (Å²) in [5.74, 6) is -1.95. The molecule has 1 unspecified atom stereocenters. The van der Waals surface area contributed by atoms with Crippen LogP contribution in [0.1, 0.15) is 6.42 Å². The van der Waals surface area contributed by atoms with Gasteiger partial charge in [0, 0.05) is 22.2 Å². The van der Waals surface area contributed by atoms with Gasteiger partial charge in [0.1, 0.15) is 11.8 Å². The molecule has 5 nitrogen and oxygen atoms in total. The summed E-state index contributed by atoms with van der Waals surface area (Å²) in [4.78, 5) is 22.6. The minimum absolute atomic E-state index is 0.380. The van der Waals surface area contributed by atoms with Gasteiger partial charge in [-0.05, 0) is 12.1 Å². The molecule has 0 saturated carbocycles. The highest BCUT2D eigenvalue weighted by Crippen LogP contribution is 2.31. The molecule has 1 atom stereocenters. The second-order valence-corrected chi connectivity index (χ2v) is 5.37. The third-order valence-electron chi connectivity index (χ3n) is 3.24. The van der Waals surface area contributed by atoms with Crippen molar-refractivity contribution >= 4 is 34.2 Å². The smallest absolute Gasteiger partial charge is 0.326 e. The van der Waals surface area contributed by atoms with E-state index >= 15 is 0 Å². The lowest BCUT2D eigenvalue weighted by atomic mass is 10.1. The zero-order valence-electron chi connectivity index (χ0n) is 12.3. The first-order valence-corrected chi connectivity index (χ1v) is 7.36. The molecular weight excluding hydrogens is 344 g/mol. The van der Waals surface area contributed by atoms with E-state index in [1.54, 1.807) is 36.4 Å². The van der Waals surface area contributed by atoms with Gasteiger partial charge in [0.05, 0.1) is 0 Å². The van der Waals surface area contributed by atoms with E-state index in [1.165, 1.54) is 0 Å². The first-order valence-electron chi connectivity index (χ1n) is 6.99. The van der Waals surface area contributed by atoms with Crippen molar-refractivity contribution in [1.82, 2.24) is 5.32 Å². The molecule has 24 heavy (non-hydrogen) atoms. The Morgan fingerprint density at radius 1 is 1.17 bits per heavy atom. The topological polar surface area (TPSA) is 75.6 Å². The molecule has 0 bridgehead atoms. The number of hydrogen-bond donors (Lipinski definition) is 2. The zero-order valence-corrected chi connectivity index (χ0v) is 13.1. The number of ether oxygens (including phenoxy) is 1. The van der Waals surface area contributed by atoms with Gasteiger partial charge < -0.3 is 15.2 Å². The number of nitrogens with one attached hydrogen (secondary N) is 1. The molecule has 2 rings (SSSR count). The number of carbonyl (C=O) groups excluding carboxylic acids is 1. The van der Waals surface area contributed by atoms with E-state index in [0.29, 0.717) is 16.2 Å². The Morgan fingerprint density at radius 3 is 2.46 bits per heavy atom. The Morgan fingerprint density at radius 2 is 1.83 bits per heavy atom. The van der Waals surface area contributed by atoms with Crippen LogP contribution >= 0.6 is 11.6 Å². The fraction of sp³-hybridized carbons (Fsp3) is 0.250. The molecule has 1 amide bonds. The summed E-state index contributed by atoms with van der Waals surface area (Å²) >= 11 is 6.07. The maximum absolute atomic E-state index is 12.3. The lowest BCUT2D eigenvalue weighted by molar-refractivity contribution is -0.143. The second kappa shape index (κ2) is 7.92. The number of alkyl halides is 2. The SMILES string of the molecule is O=C(COc1ccc(Cl)c2ccccc12)NC(CC(F)F)C(=O)O. The standard InChI is InChI=1S/C16H14ClF2NO4/c17-11-5-6-13(10-4-2-1-3-9(10)11)24-8-15(21)20-12(16(22)23)7-14(18)19/h1-6,12,14H,7-8H2,(H,20,21)(H,22,23). The number of carboxylic acids is 1. The van der Waals surface area contributed by atoms with E-state index in [0.717, 1.165) is 5.39 Å². The Kier molecular flexibility index (Phi) is 5.92. The highest BCUT2D eigenvalue weighted by Gasteiger charge is 2.24. The van der Waals surface area contributed by atoms with Gasteiger partial charge in [0.2, 0.25) is 6.43 Å². The highest BCUT2D eigenvalue weighted by molar-refractivity contribution is 6.35. The number of halogens is 3. The number of fused-ring (bicyclic) bond motifs is 1. The quantitative estimate of drug-likeness (QED) is 0.798. The van der Waals surface area contributed by atoms with Crippen LogP contribution in [0.5, 0.6) is 5.75 Å². The molecule has 0 aliphatic heterocycles. The first-order chi connectivity index (χ1) is 11.4. The summed E-state index contributed by atoms with van der Waals surface area (Å²) < 4.78 is 30.0. The third-order valence-corrected chi connectivity index (χ3v) is 3.57. The van der Waals surface area contributed by atoms with Crippen molar-refractivity contribution in [3.63, 3.8) is 0 Å². The maximum Gasteiger partial charge on any atom is 0.326 e. The van der Waals surface area contributed by atoms with Crippen molar-refractivity contribution in [3.05, 3.63) is 41.4 Å². The van der Waals surface area contributed by atoms with Crippen molar-refractivity contribution in [2.45, 2.75) is 18.9 Å². The number of amides is 1. The average Bonchev–Trinajstić information content (AvgIpc) is 2.53. The number of benzene rings is 2. The lowest BCUT2D eigenvalue weighted by Crippen LogP contribution is -2.44. The number of rotatable bonds is 7. The molecule has 0 aromatic heterocycles. The zero-order chi connectivity index (χ0) is 17.7. The summed E-state index contributed by atoms with van der Waals surface area (Å²) in [5.41, 5.74) is 0. The summed E-state index contributed by atoms with van der Waals surface area (Å²) in [6.07, 6.45) is -3.81. The molecule has 0 spiro atoms. The van der Waals surface area contributed by atoms with Crippen LogP contribution in [0.3, 0.4) is 0 Å². The van der Waals surface area contributed by atoms with Gasteiger partial charge in [-0.1, -0.05) is 35.9 Å². The van der Waals surface area contributed by atoms with Crippen LogP contribution in [-0.2, 0) is 9.59 Å². The van der Waals surface area contributed by atoms with Crippen molar-refractivity contribution in [1.29, 1.82) is 0 Å². The Labute approximate surface area is 141 Å². The summed E-state index contributed by atoms with van der Waals surface area (Å²) in [6, 6.07) is 8.63. The summed E-state index contributed by atoms with van der Waals surface area (Å²) in [5, 5.41) is 12.8. The van der Waals surface area contributed by atoms with Gasteiger partial charge in [-0.15, -0.1) is 0 Å². The molecule has 2 aromatic rings. The Balaban J connectivity index is 2.04. The second-order valence-electron chi connectivity index (χ2n) is 4.96. The number of carbonyl (C=O) groups is 2. The molecule has 2 aromatic carbocycles. The predicted octanol–water partition coefficient (Wildman–Crippen LogP) is 3.10. The van der Waals surface area contributed by atoms with E-state index in [4.69, 9.17) is 21.4 Å². The van der Waals surface area contributed by atoms with Crippen molar-refractivity contribution in [2.24, 2.45) is 0 Å². The van der Waals surface area contributed by atoms with E-state index in [2.05, 4.69) is 0 Å². The third kappa shape index (κ3) is 4.55. The average molecular weight is 358 g/mol. The van der Waals surface area contributed by atoms with Gasteiger partial charge in [-0.2, -0.15) is 0 Å². The van der Waals surface area contributed by atoms with Gasteiger partial charge in [-0.3, -0.25) is 4.79 Å². The van der Waals surface area contributed by atoms with Gasteiger partial charge in [-0.25, -0.2) is 13.6 Å². The maximum atomic E-state index is 12.3. The minimum Gasteiger partial charge on any atom is -0.483 e. The van der Waals surface area contributed by atoms with Crippen molar-refractivity contribution in [2.75, 3.05) is 6.61 Å². The monoisotopic (exact) mass is 357 g/mol. The van der Waals surface area contributed by atoms with E-state index in [1.807, 2.05) is 5.32 Å². The van der Waals surface area contributed by atoms with E-state index < -0.39 is 37.4 Å². The Hall–Kier alpha value is -2.41. The van der Waals surface area contributed by atoms with Gasteiger partial charge >= 0.3 is 5.97 Å². The first kappa shape index (κ1) is 17.9. The molecular formula is C16H14ClF2NO4. The molecule has 128 valence electrons. The van der Waals surface area contributed by atoms with Crippen LogP contribution in [0.2, 0.25) is 5.02 Å². The van der Waals surface area contributed by atoms with Crippen LogP contribution in [0.25, 0.3) is 10.8 Å². The van der Waals surface area contributed by atoms with Crippen LogP contribution < -0.4 is 10.1 Å². The molecule has 0 aliphatic carbocycles. The van der Waals surface area contributed by atoms with E-state index in [-0.39, 0.29) is 0 Å². The molecule has 0 radical (unpaired) electrons. The normalized spacial score (nSPS) is 12.2. The molecule has 0 aliphatic rings. The Bertz CT molecular complexity index is 754. The van der Waals surface area contributed by atoms with E-state index in [9.17, 15) is 18.4 Å². The molecule has 8 heteroatoms. The van der Waals surface area contributed by atoms with Crippen molar-refractivity contribution in [3.8, 4) is 5.75 Å². The highest BCUT2D eigenvalue weighted by atomic mass is 35.5. The van der Waals surface area contributed by atoms with Gasteiger partial charge in [0.15, 0.2) is 6.61 Å². The lowest BCUT2D eigenvalue weighted by Gasteiger charge is -2.15. The van der Waals surface area contributed by atoms with Crippen LogP contribution in [0, 0.1) is 0 Å². The fourth-order valence-corrected chi connectivity index (χ4v) is 2.37. The van der Waals surface area contributed by atoms with Crippen LogP contribution in [0.4, 0.5) is 8.78 Å².